The Morgan fingerprint density at radius 3 is 2.70 bits per heavy atom. The summed E-state index contributed by atoms with van der Waals surface area (Å²) in [6, 6.07) is 7.16. The molecule has 0 unspecified atom stereocenters. The second kappa shape index (κ2) is 12.5. The highest BCUT2D eigenvalue weighted by molar-refractivity contribution is 7.80. The molecule has 2 rings (SSSR count). The summed E-state index contributed by atoms with van der Waals surface area (Å²) in [5.74, 6) is 2.11. The van der Waals surface area contributed by atoms with Crippen LogP contribution in [-0.4, -0.2) is 67.4 Å². The second-order valence-corrected chi connectivity index (χ2v) is 7.83. The maximum Gasteiger partial charge on any atom is 0.319 e. The fourth-order valence-electron chi connectivity index (χ4n) is 2.85. The van der Waals surface area contributed by atoms with Gasteiger partial charge in [0.25, 0.3) is 0 Å². The molecule has 0 radical (unpaired) electrons. The van der Waals surface area contributed by atoms with Crippen molar-refractivity contribution < 1.29 is 4.79 Å². The zero-order valence-electron chi connectivity index (χ0n) is 17.7. The molecule has 0 aliphatic heterocycles. The molecule has 0 saturated carbocycles. The highest BCUT2D eigenvalue weighted by atomic mass is 35.5. The summed E-state index contributed by atoms with van der Waals surface area (Å²) in [5.41, 5.74) is 1.68. The highest BCUT2D eigenvalue weighted by Gasteiger charge is 2.09. The molecule has 2 aromatic rings. The summed E-state index contributed by atoms with van der Waals surface area (Å²) in [6.45, 7) is 2.78. The van der Waals surface area contributed by atoms with E-state index in [4.69, 9.17) is 11.6 Å². The molecule has 0 spiro atoms. The number of carbonyl (C=O) groups excluding carboxylic acids is 1. The van der Waals surface area contributed by atoms with Crippen molar-refractivity contribution in [3.8, 4) is 0 Å². The van der Waals surface area contributed by atoms with Gasteiger partial charge in [-0.25, -0.2) is 9.78 Å². The summed E-state index contributed by atoms with van der Waals surface area (Å²) >= 11 is 10.6. The van der Waals surface area contributed by atoms with E-state index in [-0.39, 0.29) is 6.03 Å². The average Bonchev–Trinajstić information content (AvgIpc) is 2.72. The molecule has 2 amide bonds. The fraction of sp³-hybridized carbons (Fsp3) is 0.450. The van der Waals surface area contributed by atoms with E-state index >= 15 is 0 Å². The van der Waals surface area contributed by atoms with Crippen LogP contribution in [0.15, 0.2) is 30.5 Å². The van der Waals surface area contributed by atoms with E-state index in [1.165, 1.54) is 0 Å². The van der Waals surface area contributed by atoms with E-state index in [1.54, 1.807) is 19.3 Å². The first-order valence-corrected chi connectivity index (χ1v) is 10.8. The number of rotatable bonds is 11. The number of halogens is 1. The maximum atomic E-state index is 12.2. The molecule has 30 heavy (non-hydrogen) atoms. The van der Waals surface area contributed by atoms with Crippen LogP contribution in [0.5, 0.6) is 0 Å². The highest BCUT2D eigenvalue weighted by Crippen LogP contribution is 2.22. The van der Waals surface area contributed by atoms with E-state index < -0.39 is 0 Å². The number of amides is 2. The number of nitrogens with one attached hydrogen (secondary N) is 3. The first-order valence-electron chi connectivity index (χ1n) is 9.77. The third kappa shape index (κ3) is 7.89. The minimum absolute atomic E-state index is 0.258. The van der Waals surface area contributed by atoms with Gasteiger partial charge in [-0.05, 0) is 44.3 Å². The molecule has 8 nitrogen and oxygen atoms in total. The van der Waals surface area contributed by atoms with Gasteiger partial charge in [0, 0.05) is 55.9 Å². The molecule has 0 atom stereocenters. The second-order valence-electron chi connectivity index (χ2n) is 6.98. The van der Waals surface area contributed by atoms with E-state index in [0.29, 0.717) is 29.0 Å². The number of carbonyl (C=O) groups is 1. The summed E-state index contributed by atoms with van der Waals surface area (Å²) < 4.78 is 0. The fourth-order valence-corrected chi connectivity index (χ4v) is 3.33. The summed E-state index contributed by atoms with van der Waals surface area (Å²) in [4.78, 5) is 25.0. The molecule has 0 fully saturated rings. The molecule has 0 saturated heterocycles. The molecule has 10 heteroatoms. The zero-order valence-corrected chi connectivity index (χ0v) is 19.3. The standard InChI is InChI=1S/C20H30ClN7OS/c1-22-19-23-9-7-18(26-19)28(11-12-30)10-4-8-24-20(29)25-16-6-5-15(14-27(2)3)17(21)13-16/h5-7,9,13,30H,4,8,10-12,14H2,1-3H3,(H,22,23,26)(H2,24,25,29). The number of thiol groups is 1. The van der Waals surface area contributed by atoms with Crippen LogP contribution in [0.3, 0.4) is 0 Å². The van der Waals surface area contributed by atoms with Gasteiger partial charge in [0.2, 0.25) is 5.95 Å². The third-order valence-electron chi connectivity index (χ3n) is 4.25. The Kier molecular flexibility index (Phi) is 9.99. The number of benzene rings is 1. The first-order chi connectivity index (χ1) is 14.4. The van der Waals surface area contributed by atoms with Crippen LogP contribution in [0.4, 0.5) is 22.2 Å². The van der Waals surface area contributed by atoms with Crippen LogP contribution >= 0.6 is 24.2 Å². The number of urea groups is 1. The Hall–Kier alpha value is -2.23. The van der Waals surface area contributed by atoms with E-state index in [0.717, 1.165) is 37.4 Å². The number of hydrogen-bond donors (Lipinski definition) is 4. The molecular formula is C20H30ClN7OS. The van der Waals surface area contributed by atoms with E-state index in [2.05, 4.69) is 43.4 Å². The number of aromatic nitrogens is 2. The normalized spacial score (nSPS) is 10.7. The van der Waals surface area contributed by atoms with Crippen molar-refractivity contribution in [1.29, 1.82) is 0 Å². The van der Waals surface area contributed by atoms with Gasteiger partial charge in [0.1, 0.15) is 5.82 Å². The van der Waals surface area contributed by atoms with Crippen LogP contribution in [0.1, 0.15) is 12.0 Å². The number of nitrogens with zero attached hydrogens (tertiary/aromatic N) is 4. The van der Waals surface area contributed by atoms with Gasteiger partial charge in [0.15, 0.2) is 0 Å². The van der Waals surface area contributed by atoms with Crippen LogP contribution in [-0.2, 0) is 6.54 Å². The quantitative estimate of drug-likeness (QED) is 0.310. The monoisotopic (exact) mass is 451 g/mol. The molecule has 0 bridgehead atoms. The molecular weight excluding hydrogens is 422 g/mol. The predicted molar refractivity (Wildman–Crippen MR) is 128 cm³/mol. The average molecular weight is 452 g/mol. The molecule has 1 aromatic carbocycles. The van der Waals surface area contributed by atoms with Gasteiger partial charge in [-0.2, -0.15) is 17.6 Å². The lowest BCUT2D eigenvalue weighted by molar-refractivity contribution is 0.252. The van der Waals surface area contributed by atoms with Crippen molar-refractivity contribution in [3.63, 3.8) is 0 Å². The van der Waals surface area contributed by atoms with Gasteiger partial charge in [-0.3, -0.25) is 0 Å². The minimum Gasteiger partial charge on any atom is -0.357 e. The van der Waals surface area contributed by atoms with Gasteiger partial charge >= 0.3 is 6.03 Å². The Bertz CT molecular complexity index is 821. The SMILES string of the molecule is CNc1nccc(N(CCS)CCCNC(=O)Nc2ccc(CN(C)C)c(Cl)c2)n1. The third-order valence-corrected chi connectivity index (χ3v) is 4.80. The van der Waals surface area contributed by atoms with Crippen molar-refractivity contribution >= 4 is 47.7 Å². The summed E-state index contributed by atoms with van der Waals surface area (Å²) in [6.07, 6.45) is 2.49. The summed E-state index contributed by atoms with van der Waals surface area (Å²) in [5, 5.41) is 9.27. The molecule has 164 valence electrons. The van der Waals surface area contributed by atoms with Crippen LogP contribution in [0.25, 0.3) is 0 Å². The molecule has 3 N–H and O–H groups in total. The number of anilines is 3. The lowest BCUT2D eigenvalue weighted by Gasteiger charge is -2.23. The van der Waals surface area contributed by atoms with Gasteiger partial charge in [0.05, 0.1) is 0 Å². The lowest BCUT2D eigenvalue weighted by atomic mass is 10.2. The largest absolute Gasteiger partial charge is 0.357 e. The van der Waals surface area contributed by atoms with Gasteiger partial charge < -0.3 is 25.8 Å². The van der Waals surface area contributed by atoms with Crippen molar-refractivity contribution in [2.75, 3.05) is 62.1 Å². The van der Waals surface area contributed by atoms with Gasteiger partial charge in [-0.1, -0.05) is 17.7 Å². The molecule has 1 aromatic heterocycles. The van der Waals surface area contributed by atoms with E-state index in [1.807, 2.05) is 37.2 Å². The molecule has 0 aliphatic carbocycles. The number of hydrogen-bond acceptors (Lipinski definition) is 7. The van der Waals surface area contributed by atoms with Crippen LogP contribution < -0.4 is 20.9 Å². The Labute approximate surface area is 188 Å². The molecule has 0 aliphatic rings. The van der Waals surface area contributed by atoms with Crippen molar-refractivity contribution in [3.05, 3.63) is 41.0 Å². The van der Waals surface area contributed by atoms with Crippen molar-refractivity contribution in [2.24, 2.45) is 0 Å². The topological polar surface area (TPSA) is 85.4 Å². The predicted octanol–water partition coefficient (Wildman–Crippen LogP) is 3.18. The smallest absolute Gasteiger partial charge is 0.319 e. The Balaban J connectivity index is 1.81. The van der Waals surface area contributed by atoms with Crippen molar-refractivity contribution in [2.45, 2.75) is 13.0 Å². The van der Waals surface area contributed by atoms with Gasteiger partial charge in [-0.15, -0.1) is 0 Å². The lowest BCUT2D eigenvalue weighted by Crippen LogP contribution is -2.33. The first kappa shape index (κ1) is 24.0. The van der Waals surface area contributed by atoms with Crippen molar-refractivity contribution in [1.82, 2.24) is 20.2 Å². The van der Waals surface area contributed by atoms with E-state index in [9.17, 15) is 4.79 Å². The molecule has 1 heterocycles. The Morgan fingerprint density at radius 2 is 2.03 bits per heavy atom. The zero-order chi connectivity index (χ0) is 21.9. The van der Waals surface area contributed by atoms with Crippen LogP contribution in [0, 0.1) is 0 Å². The summed E-state index contributed by atoms with van der Waals surface area (Å²) in [7, 11) is 5.75. The minimum atomic E-state index is -0.258. The Morgan fingerprint density at radius 1 is 1.23 bits per heavy atom. The van der Waals surface area contributed by atoms with Crippen LogP contribution in [0.2, 0.25) is 5.02 Å². The maximum absolute atomic E-state index is 12.2.